The monoisotopic (exact) mass is 246 g/mol. The second-order valence-corrected chi connectivity index (χ2v) is 3.68. The van der Waals surface area contributed by atoms with E-state index < -0.39 is 30.4 Å². The second-order valence-electron chi connectivity index (χ2n) is 3.68. The van der Waals surface area contributed by atoms with Crippen molar-refractivity contribution in [2.45, 2.75) is 30.7 Å². The van der Waals surface area contributed by atoms with E-state index in [0.29, 0.717) is 0 Å². The largest absolute Gasteiger partial charge is 0.406 e. The van der Waals surface area contributed by atoms with E-state index in [1.165, 1.54) is 0 Å². The van der Waals surface area contributed by atoms with Gasteiger partial charge in [-0.3, -0.25) is 0 Å². The summed E-state index contributed by atoms with van der Waals surface area (Å²) in [7, 11) is 0. The first-order chi connectivity index (χ1) is 7.12. The van der Waals surface area contributed by atoms with Gasteiger partial charge in [0.2, 0.25) is 0 Å². The summed E-state index contributed by atoms with van der Waals surface area (Å²) < 4.78 is 73.2. The van der Waals surface area contributed by atoms with Crippen molar-refractivity contribution in [3.05, 3.63) is 0 Å². The first-order valence-electron chi connectivity index (χ1n) is 4.40. The lowest BCUT2D eigenvalue weighted by atomic mass is 10.1. The third-order valence-electron chi connectivity index (χ3n) is 2.49. The summed E-state index contributed by atoms with van der Waals surface area (Å²) in [5, 5.41) is 9.99. The fourth-order valence-corrected chi connectivity index (χ4v) is 1.22. The Morgan fingerprint density at radius 3 is 1.94 bits per heavy atom. The van der Waals surface area contributed by atoms with E-state index in [1.807, 2.05) is 0 Å². The summed E-state index contributed by atoms with van der Waals surface area (Å²) in [5.74, 6) is -2.41. The minimum absolute atomic E-state index is 0.244. The van der Waals surface area contributed by atoms with Crippen molar-refractivity contribution in [2.75, 3.05) is 6.54 Å². The third-order valence-corrected chi connectivity index (χ3v) is 2.49. The molecule has 0 saturated heterocycles. The molecule has 1 aliphatic carbocycles. The van der Waals surface area contributed by atoms with E-state index in [0.717, 1.165) is 6.07 Å². The fourth-order valence-electron chi connectivity index (χ4n) is 1.22. The van der Waals surface area contributed by atoms with E-state index in [-0.39, 0.29) is 12.8 Å². The topological polar surface area (TPSA) is 35.8 Å². The van der Waals surface area contributed by atoms with Gasteiger partial charge in [-0.1, -0.05) is 0 Å². The fraction of sp³-hybridized carbons (Fsp3) is 0.875. The Balaban J connectivity index is 2.56. The predicted octanol–water partition coefficient (Wildman–Crippen LogP) is 2.37. The lowest BCUT2D eigenvalue weighted by molar-refractivity contribution is -0.177. The van der Waals surface area contributed by atoms with Crippen LogP contribution in [0.4, 0.5) is 26.3 Å². The van der Waals surface area contributed by atoms with Gasteiger partial charge in [0, 0.05) is 6.54 Å². The maximum atomic E-state index is 12.3. The van der Waals surface area contributed by atoms with Crippen LogP contribution >= 0.6 is 0 Å². The number of rotatable bonds is 3. The van der Waals surface area contributed by atoms with Crippen LogP contribution in [-0.4, -0.2) is 24.4 Å². The molecule has 0 aliphatic heterocycles. The van der Waals surface area contributed by atoms with E-state index in [9.17, 15) is 26.3 Å². The van der Waals surface area contributed by atoms with Crippen LogP contribution in [0.25, 0.3) is 0 Å². The SMILES string of the molecule is N#CC(CNC1(C(F)(F)F)CC1)C(F)(F)F. The number of nitrogens with zero attached hydrogens (tertiary/aromatic N) is 1. The van der Waals surface area contributed by atoms with Gasteiger partial charge in [-0.2, -0.15) is 31.6 Å². The molecule has 0 spiro atoms. The average molecular weight is 246 g/mol. The summed E-state index contributed by atoms with van der Waals surface area (Å²) in [5.41, 5.74) is -2.21. The van der Waals surface area contributed by atoms with E-state index in [1.54, 1.807) is 5.32 Å². The minimum atomic E-state index is -4.80. The Kier molecular flexibility index (Phi) is 3.11. The number of halogens is 6. The van der Waals surface area contributed by atoms with Crippen molar-refractivity contribution >= 4 is 0 Å². The van der Waals surface area contributed by atoms with Crippen LogP contribution in [0.1, 0.15) is 12.8 Å². The maximum absolute atomic E-state index is 12.3. The molecule has 0 aromatic heterocycles. The molecule has 1 rings (SSSR count). The zero-order valence-corrected chi connectivity index (χ0v) is 7.91. The standard InChI is InChI=1S/C8H8F6N2/c9-7(10,11)5(3-15)4-16-6(1-2-6)8(12,13)14/h5,16H,1-2,4H2. The number of hydrogen-bond donors (Lipinski definition) is 1. The Labute approximate surface area is 87.2 Å². The lowest BCUT2D eigenvalue weighted by Gasteiger charge is -2.22. The van der Waals surface area contributed by atoms with Crippen molar-refractivity contribution in [3.63, 3.8) is 0 Å². The molecule has 0 amide bonds. The summed E-state index contributed by atoms with van der Waals surface area (Å²) in [4.78, 5) is 0. The van der Waals surface area contributed by atoms with Gasteiger partial charge in [0.1, 0.15) is 5.54 Å². The Morgan fingerprint density at radius 2 is 1.69 bits per heavy atom. The van der Waals surface area contributed by atoms with Crippen molar-refractivity contribution < 1.29 is 26.3 Å². The highest BCUT2D eigenvalue weighted by molar-refractivity contribution is 5.09. The molecule has 1 atom stereocenters. The van der Waals surface area contributed by atoms with Gasteiger partial charge in [0.15, 0.2) is 5.92 Å². The first kappa shape index (κ1) is 13.1. The summed E-state index contributed by atoms with van der Waals surface area (Å²) in [6.07, 6.45) is -9.86. The molecule has 8 heteroatoms. The highest BCUT2D eigenvalue weighted by Gasteiger charge is 2.63. The lowest BCUT2D eigenvalue weighted by Crippen LogP contribution is -2.48. The van der Waals surface area contributed by atoms with Gasteiger partial charge in [-0.15, -0.1) is 0 Å². The second kappa shape index (κ2) is 3.80. The molecule has 16 heavy (non-hydrogen) atoms. The third kappa shape index (κ3) is 2.58. The number of nitriles is 1. The molecular formula is C8H8F6N2. The predicted molar refractivity (Wildman–Crippen MR) is 41.2 cm³/mol. The normalized spacial score (nSPS) is 21.3. The van der Waals surface area contributed by atoms with Crippen LogP contribution in [0.3, 0.4) is 0 Å². The van der Waals surface area contributed by atoms with E-state index in [4.69, 9.17) is 5.26 Å². The summed E-state index contributed by atoms with van der Waals surface area (Å²) in [6, 6.07) is 0.939. The van der Waals surface area contributed by atoms with E-state index >= 15 is 0 Å². The van der Waals surface area contributed by atoms with Gasteiger partial charge >= 0.3 is 12.4 Å². The molecule has 1 N–H and O–H groups in total. The Hall–Kier alpha value is -0.970. The van der Waals surface area contributed by atoms with Crippen LogP contribution in [-0.2, 0) is 0 Å². The summed E-state index contributed by atoms with van der Waals surface area (Å²) in [6.45, 7) is -1.03. The molecule has 0 heterocycles. The highest BCUT2D eigenvalue weighted by atomic mass is 19.4. The molecular weight excluding hydrogens is 238 g/mol. The van der Waals surface area contributed by atoms with Crippen molar-refractivity contribution in [1.82, 2.24) is 5.32 Å². The van der Waals surface area contributed by atoms with Crippen molar-refractivity contribution in [1.29, 1.82) is 5.26 Å². The van der Waals surface area contributed by atoms with Crippen LogP contribution < -0.4 is 5.32 Å². The number of nitrogens with one attached hydrogen (secondary N) is 1. The number of hydrogen-bond acceptors (Lipinski definition) is 2. The van der Waals surface area contributed by atoms with Crippen molar-refractivity contribution in [3.8, 4) is 6.07 Å². The molecule has 0 aromatic carbocycles. The van der Waals surface area contributed by atoms with Gasteiger partial charge in [-0.05, 0) is 12.8 Å². The average Bonchev–Trinajstić information content (AvgIpc) is 2.82. The molecule has 1 fully saturated rings. The van der Waals surface area contributed by atoms with Gasteiger partial charge in [-0.25, -0.2) is 0 Å². The van der Waals surface area contributed by atoms with Crippen molar-refractivity contribution in [2.24, 2.45) is 5.92 Å². The zero-order valence-electron chi connectivity index (χ0n) is 7.91. The first-order valence-corrected chi connectivity index (χ1v) is 4.40. The quantitative estimate of drug-likeness (QED) is 0.776. The van der Waals surface area contributed by atoms with Crippen LogP contribution in [0.2, 0.25) is 0 Å². The van der Waals surface area contributed by atoms with Gasteiger partial charge < -0.3 is 5.32 Å². The molecule has 92 valence electrons. The van der Waals surface area contributed by atoms with E-state index in [2.05, 4.69) is 0 Å². The number of alkyl halides is 6. The molecule has 1 unspecified atom stereocenters. The highest BCUT2D eigenvalue weighted by Crippen LogP contribution is 2.49. The molecule has 0 radical (unpaired) electrons. The van der Waals surface area contributed by atoms with Crippen LogP contribution in [0.5, 0.6) is 0 Å². The molecule has 2 nitrogen and oxygen atoms in total. The zero-order chi connectivity index (χ0) is 12.6. The smallest absolute Gasteiger partial charge is 0.302 e. The molecule has 0 aromatic rings. The summed E-state index contributed by atoms with van der Waals surface area (Å²) >= 11 is 0. The Bertz CT molecular complexity index is 295. The maximum Gasteiger partial charge on any atom is 0.406 e. The van der Waals surface area contributed by atoms with Crippen LogP contribution in [0, 0.1) is 17.2 Å². The van der Waals surface area contributed by atoms with Gasteiger partial charge in [0.05, 0.1) is 6.07 Å². The Morgan fingerprint density at radius 1 is 1.19 bits per heavy atom. The van der Waals surface area contributed by atoms with Crippen LogP contribution in [0.15, 0.2) is 0 Å². The molecule has 0 bridgehead atoms. The molecule has 1 aliphatic rings. The van der Waals surface area contributed by atoms with Gasteiger partial charge in [0.25, 0.3) is 0 Å². The minimum Gasteiger partial charge on any atom is -0.302 e. The molecule has 1 saturated carbocycles.